The van der Waals surface area contributed by atoms with Crippen LogP contribution in [-0.2, 0) is 9.05 Å². The molecule has 0 N–H and O–H groups in total. The Kier molecular flexibility index (Phi) is 2.95. The molecule has 0 aromatic heterocycles. The van der Waals surface area contributed by atoms with Crippen LogP contribution in [0.1, 0.15) is 20.3 Å². The van der Waals surface area contributed by atoms with Crippen LogP contribution in [0.25, 0.3) is 0 Å². The van der Waals surface area contributed by atoms with Gasteiger partial charge in [-0.2, -0.15) is 0 Å². The minimum Gasteiger partial charge on any atom is -0.306 e. The normalized spacial score (nSPS) is 26.6. The second-order valence-electron chi connectivity index (χ2n) is 4.29. The molecular weight excluding hydrogens is 210 g/mol. The molecule has 1 saturated heterocycles. The first kappa shape index (κ1) is 11.3. The third-order valence-corrected chi connectivity index (χ3v) is 5.79. The van der Waals surface area contributed by atoms with Gasteiger partial charge in [-0.3, -0.25) is 0 Å². The Hall–Kier alpha value is 0.200. The van der Waals surface area contributed by atoms with Gasteiger partial charge in [-0.15, -0.1) is 0 Å². The van der Waals surface area contributed by atoms with Gasteiger partial charge in [0.05, 0.1) is 4.75 Å². The van der Waals surface area contributed by atoms with Gasteiger partial charge >= 0.3 is 0 Å². The van der Waals surface area contributed by atoms with E-state index in [4.69, 9.17) is 10.7 Å². The number of hydrogen-bond donors (Lipinski definition) is 0. The van der Waals surface area contributed by atoms with Crippen molar-refractivity contribution in [1.82, 2.24) is 4.90 Å². The van der Waals surface area contributed by atoms with Crippen LogP contribution in [0.2, 0.25) is 0 Å². The lowest BCUT2D eigenvalue weighted by atomic mass is 9.94. The van der Waals surface area contributed by atoms with Crippen molar-refractivity contribution >= 4 is 19.7 Å². The summed E-state index contributed by atoms with van der Waals surface area (Å²) in [5.74, 6) is 0.153. The van der Waals surface area contributed by atoms with Gasteiger partial charge in [0.2, 0.25) is 9.05 Å². The highest BCUT2D eigenvalue weighted by Crippen LogP contribution is 2.34. The van der Waals surface area contributed by atoms with E-state index in [1.54, 1.807) is 13.8 Å². The number of rotatable bonds is 2. The van der Waals surface area contributed by atoms with Gasteiger partial charge in [0.25, 0.3) is 0 Å². The Balaban J connectivity index is 2.83. The third-order valence-electron chi connectivity index (χ3n) is 3.00. The van der Waals surface area contributed by atoms with Crippen LogP contribution in [0.15, 0.2) is 0 Å². The van der Waals surface area contributed by atoms with E-state index in [0.29, 0.717) is 0 Å². The van der Waals surface area contributed by atoms with Gasteiger partial charge in [0.15, 0.2) is 0 Å². The maximum atomic E-state index is 11.3. The molecule has 3 nitrogen and oxygen atoms in total. The van der Waals surface area contributed by atoms with Crippen LogP contribution in [0, 0.1) is 5.92 Å². The number of halogens is 1. The summed E-state index contributed by atoms with van der Waals surface area (Å²) >= 11 is 0. The predicted molar refractivity (Wildman–Crippen MR) is 54.5 cm³/mol. The lowest BCUT2D eigenvalue weighted by molar-refractivity contribution is 0.361. The van der Waals surface area contributed by atoms with Gasteiger partial charge < -0.3 is 4.90 Å². The summed E-state index contributed by atoms with van der Waals surface area (Å²) in [6.07, 6.45) is 0.912. The first-order valence-electron chi connectivity index (χ1n) is 4.38. The van der Waals surface area contributed by atoms with Crippen LogP contribution >= 0.6 is 10.7 Å². The highest BCUT2D eigenvalue weighted by molar-refractivity contribution is 8.14. The highest BCUT2D eigenvalue weighted by atomic mass is 35.7. The van der Waals surface area contributed by atoms with Gasteiger partial charge in [0, 0.05) is 17.2 Å². The molecule has 5 heteroatoms. The monoisotopic (exact) mass is 225 g/mol. The maximum Gasteiger partial charge on any atom is 0.238 e. The summed E-state index contributed by atoms with van der Waals surface area (Å²) in [4.78, 5) is 2.13. The van der Waals surface area contributed by atoms with Gasteiger partial charge in [0.1, 0.15) is 0 Å². The first-order valence-corrected chi connectivity index (χ1v) is 6.69. The van der Waals surface area contributed by atoms with Crippen molar-refractivity contribution in [1.29, 1.82) is 0 Å². The van der Waals surface area contributed by atoms with Crippen LogP contribution in [0.5, 0.6) is 0 Å². The van der Waals surface area contributed by atoms with Crippen LogP contribution in [0.3, 0.4) is 0 Å². The average molecular weight is 226 g/mol. The third kappa shape index (κ3) is 2.17. The minimum absolute atomic E-state index is 0.153. The fraction of sp³-hybridized carbons (Fsp3) is 1.00. The van der Waals surface area contributed by atoms with Crippen molar-refractivity contribution in [2.24, 2.45) is 5.92 Å². The van der Waals surface area contributed by atoms with Crippen molar-refractivity contribution in [3.8, 4) is 0 Å². The molecule has 0 amide bonds. The lowest BCUT2D eigenvalue weighted by Crippen LogP contribution is -2.38. The van der Waals surface area contributed by atoms with E-state index >= 15 is 0 Å². The minimum atomic E-state index is -3.46. The Morgan fingerprint density at radius 2 is 2.00 bits per heavy atom. The number of nitrogens with zero attached hydrogens (tertiary/aromatic N) is 1. The average Bonchev–Trinajstić information content (AvgIpc) is 2.33. The molecule has 1 fully saturated rings. The summed E-state index contributed by atoms with van der Waals surface area (Å²) in [5, 5.41) is 0. The predicted octanol–water partition coefficient (Wildman–Crippen LogP) is 1.29. The van der Waals surface area contributed by atoms with Gasteiger partial charge in [-0.25, -0.2) is 8.42 Å². The second kappa shape index (κ2) is 3.41. The quantitative estimate of drug-likeness (QED) is 0.665. The molecule has 0 bridgehead atoms. The fourth-order valence-corrected chi connectivity index (χ4v) is 2.67. The zero-order valence-corrected chi connectivity index (χ0v) is 9.82. The van der Waals surface area contributed by atoms with Gasteiger partial charge in [-0.05, 0) is 39.8 Å². The Morgan fingerprint density at radius 1 is 1.46 bits per heavy atom. The van der Waals surface area contributed by atoms with E-state index in [-0.39, 0.29) is 5.92 Å². The maximum absolute atomic E-state index is 11.3. The van der Waals surface area contributed by atoms with Crippen molar-refractivity contribution < 1.29 is 8.42 Å². The summed E-state index contributed by atoms with van der Waals surface area (Å²) < 4.78 is 21.8. The van der Waals surface area contributed by atoms with Crippen LogP contribution in [-0.4, -0.2) is 38.2 Å². The molecule has 1 atom stereocenters. The Bertz CT molecular complexity index is 287. The smallest absolute Gasteiger partial charge is 0.238 e. The SMILES string of the molecule is CN1CCC(C(C)(C)S(=O)(=O)Cl)C1. The molecule has 1 unspecified atom stereocenters. The van der Waals surface area contributed by atoms with E-state index in [1.165, 1.54) is 0 Å². The summed E-state index contributed by atoms with van der Waals surface area (Å²) in [7, 11) is 3.94. The molecule has 13 heavy (non-hydrogen) atoms. The molecule has 1 aliphatic heterocycles. The van der Waals surface area contributed by atoms with Crippen LogP contribution < -0.4 is 0 Å². The van der Waals surface area contributed by atoms with Crippen molar-refractivity contribution in [2.45, 2.75) is 25.0 Å². The molecule has 78 valence electrons. The Labute approximate surface area is 84.5 Å². The van der Waals surface area contributed by atoms with E-state index in [0.717, 1.165) is 19.5 Å². The zero-order valence-electron chi connectivity index (χ0n) is 8.25. The number of hydrogen-bond acceptors (Lipinski definition) is 3. The standard InChI is InChI=1S/C8H16ClNO2S/c1-8(2,13(9,11)12)7-4-5-10(3)6-7/h7H,4-6H2,1-3H3. The molecule has 1 heterocycles. The van der Waals surface area contributed by atoms with Crippen molar-refractivity contribution in [3.05, 3.63) is 0 Å². The molecule has 0 aliphatic carbocycles. The van der Waals surface area contributed by atoms with E-state index < -0.39 is 13.8 Å². The van der Waals surface area contributed by atoms with E-state index in [2.05, 4.69) is 4.90 Å². The summed E-state index contributed by atoms with van der Waals surface area (Å²) in [6, 6.07) is 0. The second-order valence-corrected chi connectivity index (χ2v) is 7.44. The summed E-state index contributed by atoms with van der Waals surface area (Å²) in [5.41, 5.74) is 0. The van der Waals surface area contributed by atoms with E-state index in [1.807, 2.05) is 7.05 Å². The lowest BCUT2D eigenvalue weighted by Gasteiger charge is -2.27. The van der Waals surface area contributed by atoms with Gasteiger partial charge in [-0.1, -0.05) is 0 Å². The molecular formula is C8H16ClNO2S. The molecule has 0 spiro atoms. The van der Waals surface area contributed by atoms with Crippen molar-refractivity contribution in [3.63, 3.8) is 0 Å². The largest absolute Gasteiger partial charge is 0.306 e. The molecule has 0 aromatic carbocycles. The highest BCUT2D eigenvalue weighted by Gasteiger charge is 2.43. The Morgan fingerprint density at radius 3 is 2.31 bits per heavy atom. The zero-order chi connectivity index (χ0) is 10.3. The molecule has 0 saturated carbocycles. The van der Waals surface area contributed by atoms with E-state index in [9.17, 15) is 8.42 Å². The summed E-state index contributed by atoms with van der Waals surface area (Å²) in [6.45, 7) is 5.19. The molecule has 1 rings (SSSR count). The van der Waals surface area contributed by atoms with Crippen LogP contribution in [0.4, 0.5) is 0 Å². The molecule has 0 aromatic rings. The van der Waals surface area contributed by atoms with Crippen molar-refractivity contribution in [2.75, 3.05) is 20.1 Å². The first-order chi connectivity index (χ1) is 5.75. The molecule has 0 radical (unpaired) electrons. The topological polar surface area (TPSA) is 37.4 Å². The fourth-order valence-electron chi connectivity index (χ4n) is 1.70. The number of likely N-dealkylation sites (tertiary alicyclic amines) is 1. The molecule has 1 aliphatic rings.